The molecule has 1 nitrogen and oxygen atoms in total. The summed E-state index contributed by atoms with van der Waals surface area (Å²) in [6.07, 6.45) is 4.16. The number of fused-ring (bicyclic) bond motifs is 1. The first-order valence-corrected chi connectivity index (χ1v) is 10.3. The Morgan fingerprint density at radius 2 is 1.56 bits per heavy atom. The highest BCUT2D eigenvalue weighted by Gasteiger charge is 2.13. The molecule has 32 heavy (non-hydrogen) atoms. The molecular weight excluding hydrogens is 414 g/mol. The van der Waals surface area contributed by atoms with E-state index in [9.17, 15) is 17.6 Å². The molecule has 3 aromatic carbocycles. The van der Waals surface area contributed by atoms with Gasteiger partial charge < -0.3 is 0 Å². The van der Waals surface area contributed by atoms with Gasteiger partial charge in [-0.15, -0.1) is 0 Å². The van der Waals surface area contributed by atoms with Crippen molar-refractivity contribution in [2.45, 2.75) is 26.2 Å². The first kappa shape index (κ1) is 21.6. The topological polar surface area (TPSA) is 12.9 Å². The fourth-order valence-corrected chi connectivity index (χ4v) is 3.42. The molecule has 160 valence electrons. The summed E-state index contributed by atoms with van der Waals surface area (Å²) in [4.78, 5) is 4.42. The molecule has 0 atom stereocenters. The van der Waals surface area contributed by atoms with Gasteiger partial charge in [0.15, 0.2) is 17.5 Å². The molecule has 5 heteroatoms. The van der Waals surface area contributed by atoms with E-state index in [0.717, 1.165) is 23.7 Å². The van der Waals surface area contributed by atoms with Gasteiger partial charge >= 0.3 is 0 Å². The molecule has 0 saturated carbocycles. The zero-order valence-corrected chi connectivity index (χ0v) is 17.4. The highest BCUT2D eigenvalue weighted by Crippen LogP contribution is 2.24. The van der Waals surface area contributed by atoms with Crippen LogP contribution in [0.4, 0.5) is 17.6 Å². The van der Waals surface area contributed by atoms with Crippen molar-refractivity contribution in [3.8, 4) is 11.8 Å². The maximum absolute atomic E-state index is 14.5. The summed E-state index contributed by atoms with van der Waals surface area (Å²) in [7, 11) is 0. The van der Waals surface area contributed by atoms with Crippen LogP contribution in [0.1, 0.15) is 34.9 Å². The van der Waals surface area contributed by atoms with Crippen LogP contribution < -0.4 is 0 Å². The maximum atomic E-state index is 14.5. The van der Waals surface area contributed by atoms with E-state index in [2.05, 4.69) is 23.7 Å². The van der Waals surface area contributed by atoms with Gasteiger partial charge in [-0.2, -0.15) is 0 Å². The zero-order valence-electron chi connectivity index (χ0n) is 17.4. The summed E-state index contributed by atoms with van der Waals surface area (Å²) in [6, 6.07) is 14.1. The molecule has 0 aliphatic carbocycles. The van der Waals surface area contributed by atoms with Gasteiger partial charge in [0.1, 0.15) is 5.82 Å². The second kappa shape index (κ2) is 9.23. The smallest absolute Gasteiger partial charge is 0.195 e. The quantitative estimate of drug-likeness (QED) is 0.202. The number of pyridine rings is 1. The Hall–Kier alpha value is -3.65. The predicted molar refractivity (Wildman–Crippen MR) is 117 cm³/mol. The fraction of sp³-hybridized carbons (Fsp3) is 0.148. The number of benzene rings is 3. The van der Waals surface area contributed by atoms with E-state index in [0.29, 0.717) is 18.4 Å². The lowest BCUT2D eigenvalue weighted by molar-refractivity contribution is 0.453. The summed E-state index contributed by atoms with van der Waals surface area (Å²) in [5, 5.41) is 0.147. The standard InChI is InChI=1S/C27H19F4N/c1-2-17-5-10-22(32-16-17)11-6-19-4-9-20(24(28)14-19)8-3-18-7-12-23-21(13-18)15-25(29)27(31)26(23)30/h4-5,7,9-10,12-16H,2,6,11H2,1H3. The fourth-order valence-electron chi connectivity index (χ4n) is 3.42. The number of hydrogen-bond donors (Lipinski definition) is 0. The summed E-state index contributed by atoms with van der Waals surface area (Å²) in [5.74, 6) is 1.09. The molecule has 1 aromatic heterocycles. The number of rotatable bonds is 4. The minimum atomic E-state index is -1.51. The molecule has 0 spiro atoms. The predicted octanol–water partition coefficient (Wildman–Crippen LogP) is 6.54. The van der Waals surface area contributed by atoms with E-state index in [1.165, 1.54) is 29.8 Å². The molecule has 0 radical (unpaired) electrons. The summed E-state index contributed by atoms with van der Waals surface area (Å²) >= 11 is 0. The van der Waals surface area contributed by atoms with E-state index in [-0.39, 0.29) is 16.3 Å². The first-order chi connectivity index (χ1) is 15.4. The first-order valence-electron chi connectivity index (χ1n) is 10.3. The Labute approximate surface area is 183 Å². The minimum Gasteiger partial charge on any atom is -0.261 e. The van der Waals surface area contributed by atoms with Crippen LogP contribution in [0.3, 0.4) is 0 Å². The third kappa shape index (κ3) is 4.65. The van der Waals surface area contributed by atoms with Crippen molar-refractivity contribution in [2.24, 2.45) is 0 Å². The monoisotopic (exact) mass is 433 g/mol. The second-order valence-corrected chi connectivity index (χ2v) is 7.50. The van der Waals surface area contributed by atoms with Gasteiger partial charge in [-0.25, -0.2) is 17.6 Å². The Bertz CT molecular complexity index is 1350. The van der Waals surface area contributed by atoms with Gasteiger partial charge in [0.2, 0.25) is 0 Å². The van der Waals surface area contributed by atoms with Crippen molar-refractivity contribution in [2.75, 3.05) is 0 Å². The van der Waals surface area contributed by atoms with Crippen molar-refractivity contribution in [1.29, 1.82) is 0 Å². The molecule has 1 heterocycles. The lowest BCUT2D eigenvalue weighted by Crippen LogP contribution is -1.96. The summed E-state index contributed by atoms with van der Waals surface area (Å²) in [6.45, 7) is 2.07. The summed E-state index contributed by atoms with van der Waals surface area (Å²) in [5.41, 5.74) is 3.63. The van der Waals surface area contributed by atoms with Gasteiger partial charge in [0.25, 0.3) is 0 Å². The normalized spacial score (nSPS) is 10.8. The van der Waals surface area contributed by atoms with Crippen molar-refractivity contribution in [3.63, 3.8) is 0 Å². The average Bonchev–Trinajstić information content (AvgIpc) is 2.81. The Kier molecular flexibility index (Phi) is 6.23. The zero-order chi connectivity index (χ0) is 22.7. The molecule has 0 saturated heterocycles. The third-order valence-electron chi connectivity index (χ3n) is 5.31. The van der Waals surface area contributed by atoms with Gasteiger partial charge in [0, 0.05) is 22.8 Å². The van der Waals surface area contributed by atoms with Gasteiger partial charge in [-0.05, 0) is 72.2 Å². The molecule has 0 bridgehead atoms. The molecule has 4 aromatic rings. The van der Waals surface area contributed by atoms with Crippen LogP contribution >= 0.6 is 0 Å². The Morgan fingerprint density at radius 1 is 0.750 bits per heavy atom. The van der Waals surface area contributed by atoms with E-state index in [1.54, 1.807) is 6.07 Å². The number of hydrogen-bond acceptors (Lipinski definition) is 1. The van der Waals surface area contributed by atoms with Gasteiger partial charge in [-0.3, -0.25) is 4.98 Å². The summed E-state index contributed by atoms with van der Waals surface area (Å²) < 4.78 is 55.2. The van der Waals surface area contributed by atoms with Crippen LogP contribution in [0, 0.1) is 35.1 Å². The Balaban J connectivity index is 1.50. The highest BCUT2D eigenvalue weighted by molar-refractivity contribution is 5.84. The van der Waals surface area contributed by atoms with Crippen molar-refractivity contribution in [1.82, 2.24) is 4.98 Å². The molecule has 4 rings (SSSR count). The number of aryl methyl sites for hydroxylation is 3. The van der Waals surface area contributed by atoms with E-state index < -0.39 is 23.3 Å². The van der Waals surface area contributed by atoms with Crippen molar-refractivity contribution in [3.05, 3.63) is 112 Å². The molecule has 0 unspecified atom stereocenters. The molecule has 0 aliphatic heterocycles. The van der Waals surface area contributed by atoms with Crippen LogP contribution in [0.25, 0.3) is 10.8 Å². The maximum Gasteiger partial charge on any atom is 0.195 e. The van der Waals surface area contributed by atoms with Crippen LogP contribution in [0.5, 0.6) is 0 Å². The molecular formula is C27H19F4N. The lowest BCUT2D eigenvalue weighted by Gasteiger charge is -2.04. The number of aromatic nitrogens is 1. The second-order valence-electron chi connectivity index (χ2n) is 7.50. The molecule has 0 aliphatic rings. The largest absolute Gasteiger partial charge is 0.261 e. The van der Waals surface area contributed by atoms with E-state index in [4.69, 9.17) is 0 Å². The van der Waals surface area contributed by atoms with Gasteiger partial charge in [0.05, 0.1) is 5.56 Å². The lowest BCUT2D eigenvalue weighted by atomic mass is 10.0. The number of halogens is 4. The highest BCUT2D eigenvalue weighted by atomic mass is 19.2. The van der Waals surface area contributed by atoms with E-state index >= 15 is 0 Å². The molecule has 0 amide bonds. The van der Waals surface area contributed by atoms with Gasteiger partial charge in [-0.1, -0.05) is 37.0 Å². The van der Waals surface area contributed by atoms with Crippen LogP contribution in [-0.4, -0.2) is 4.98 Å². The minimum absolute atomic E-state index is 0.0381. The van der Waals surface area contributed by atoms with Crippen molar-refractivity contribution >= 4 is 10.8 Å². The van der Waals surface area contributed by atoms with Crippen molar-refractivity contribution < 1.29 is 17.6 Å². The van der Waals surface area contributed by atoms with Crippen LogP contribution in [-0.2, 0) is 19.3 Å². The SMILES string of the molecule is CCc1ccc(CCc2ccc(C#Cc3ccc4c(F)c(F)c(F)cc4c3)c(F)c2)nc1. The number of nitrogens with zero attached hydrogens (tertiary/aromatic N) is 1. The average molecular weight is 433 g/mol. The van der Waals surface area contributed by atoms with Crippen LogP contribution in [0.15, 0.2) is 60.8 Å². The third-order valence-corrected chi connectivity index (χ3v) is 5.31. The molecule has 0 fully saturated rings. The molecule has 0 N–H and O–H groups in total. The van der Waals surface area contributed by atoms with Crippen LogP contribution in [0.2, 0.25) is 0 Å². The Morgan fingerprint density at radius 3 is 2.28 bits per heavy atom. The van der Waals surface area contributed by atoms with E-state index in [1.807, 2.05) is 24.4 Å².